The molecular formula is C20H29NO10. The molecule has 0 aliphatic heterocycles. The van der Waals surface area contributed by atoms with E-state index in [2.05, 4.69) is 0 Å². The normalized spacial score (nSPS) is 29.4. The average Bonchev–Trinajstić information content (AvgIpc) is 2.73. The Balaban J connectivity index is 2.05. The minimum absolute atomic E-state index is 0.0159. The van der Waals surface area contributed by atoms with Crippen molar-refractivity contribution in [3.8, 4) is 0 Å². The van der Waals surface area contributed by atoms with Crippen LogP contribution < -0.4 is 0 Å². The van der Waals surface area contributed by atoms with Crippen LogP contribution in [-0.2, 0) is 28.7 Å². The molecule has 6 atom stereocenters. The Hall–Kier alpha value is -2.72. The highest BCUT2D eigenvalue weighted by Gasteiger charge is 2.45. The molecule has 2 rings (SSSR count). The Bertz CT molecular complexity index is 708. The molecule has 6 unspecified atom stereocenters. The van der Waals surface area contributed by atoms with Crippen LogP contribution >= 0.6 is 0 Å². The van der Waals surface area contributed by atoms with Crippen LogP contribution in [0.4, 0.5) is 0 Å². The fourth-order valence-corrected chi connectivity index (χ4v) is 4.41. The number of esters is 2. The van der Waals surface area contributed by atoms with Crippen LogP contribution in [0.2, 0.25) is 0 Å². The summed E-state index contributed by atoms with van der Waals surface area (Å²) < 4.78 is 10.6. The first-order valence-electron chi connectivity index (χ1n) is 10.7. The predicted molar refractivity (Wildman–Crippen MR) is 103 cm³/mol. The Morgan fingerprint density at radius 3 is 1.90 bits per heavy atom. The average molecular weight is 443 g/mol. The first-order chi connectivity index (χ1) is 14.6. The fourth-order valence-electron chi connectivity index (χ4n) is 4.41. The predicted octanol–water partition coefficient (Wildman–Crippen LogP) is 2.24. The summed E-state index contributed by atoms with van der Waals surface area (Å²) in [7, 11) is 0. The molecule has 0 aromatic rings. The van der Waals surface area contributed by atoms with Gasteiger partial charge in [-0.05, 0) is 25.7 Å². The van der Waals surface area contributed by atoms with Gasteiger partial charge in [0.25, 0.3) is 0 Å². The standard InChI is InChI=1S/C20H29NO10/c1-2-5-16(30-19(26)13-7-4-3-6-12(13)17(22)23)31-20(27)14-9-8-11(21(28)29)10-15(14)18(24)25/h11-16H,2-10H2,1H3,(H,22,23)(H,24,25). The number of nitro groups is 1. The maximum absolute atomic E-state index is 12.7. The molecule has 2 aliphatic carbocycles. The number of aliphatic carboxylic acids is 2. The van der Waals surface area contributed by atoms with Gasteiger partial charge in [-0.2, -0.15) is 0 Å². The van der Waals surface area contributed by atoms with E-state index in [1.54, 1.807) is 6.92 Å². The molecule has 0 amide bonds. The zero-order valence-electron chi connectivity index (χ0n) is 17.4. The SMILES string of the molecule is CCCC(OC(=O)C1CCCCC1C(=O)O)OC(=O)C1CCC([N+](=O)[O-])CC1C(=O)O. The van der Waals surface area contributed by atoms with Gasteiger partial charge < -0.3 is 19.7 Å². The molecule has 11 nitrogen and oxygen atoms in total. The largest absolute Gasteiger partial charge is 0.481 e. The van der Waals surface area contributed by atoms with Crippen molar-refractivity contribution in [2.24, 2.45) is 23.7 Å². The van der Waals surface area contributed by atoms with Gasteiger partial charge in [0, 0.05) is 24.2 Å². The van der Waals surface area contributed by atoms with Crippen LogP contribution in [0.3, 0.4) is 0 Å². The van der Waals surface area contributed by atoms with Gasteiger partial charge in [-0.3, -0.25) is 29.3 Å². The number of ether oxygens (including phenoxy) is 2. The molecule has 0 saturated heterocycles. The van der Waals surface area contributed by atoms with Gasteiger partial charge >= 0.3 is 23.9 Å². The zero-order valence-corrected chi connectivity index (χ0v) is 17.4. The Labute approximate surface area is 179 Å². The van der Waals surface area contributed by atoms with Crippen molar-refractivity contribution < 1.29 is 43.8 Å². The summed E-state index contributed by atoms with van der Waals surface area (Å²) in [5.41, 5.74) is 0. The summed E-state index contributed by atoms with van der Waals surface area (Å²) in [4.78, 5) is 58.7. The quantitative estimate of drug-likeness (QED) is 0.233. The van der Waals surface area contributed by atoms with Crippen LogP contribution in [0.1, 0.15) is 64.7 Å². The van der Waals surface area contributed by atoms with E-state index in [1.165, 1.54) is 0 Å². The number of rotatable bonds is 9. The van der Waals surface area contributed by atoms with Gasteiger partial charge in [0.1, 0.15) is 0 Å². The molecule has 2 fully saturated rings. The second-order valence-corrected chi connectivity index (χ2v) is 8.23. The van der Waals surface area contributed by atoms with Gasteiger partial charge in [0.2, 0.25) is 12.3 Å². The molecule has 0 heterocycles. The molecule has 2 N–H and O–H groups in total. The van der Waals surface area contributed by atoms with E-state index in [-0.39, 0.29) is 25.7 Å². The third-order valence-corrected chi connectivity index (χ3v) is 6.15. The molecule has 0 radical (unpaired) electrons. The highest BCUT2D eigenvalue weighted by Crippen LogP contribution is 2.34. The van der Waals surface area contributed by atoms with Crippen LogP contribution in [0.15, 0.2) is 0 Å². The minimum Gasteiger partial charge on any atom is -0.481 e. The van der Waals surface area contributed by atoms with Crippen LogP contribution in [0.5, 0.6) is 0 Å². The summed E-state index contributed by atoms with van der Waals surface area (Å²) >= 11 is 0. The minimum atomic E-state index is -1.32. The van der Waals surface area contributed by atoms with Gasteiger partial charge in [-0.1, -0.05) is 19.8 Å². The Morgan fingerprint density at radius 2 is 1.42 bits per heavy atom. The van der Waals surface area contributed by atoms with E-state index in [9.17, 15) is 39.5 Å². The molecular weight excluding hydrogens is 414 g/mol. The van der Waals surface area contributed by atoms with Gasteiger partial charge in [-0.15, -0.1) is 0 Å². The van der Waals surface area contributed by atoms with Crippen molar-refractivity contribution in [3.63, 3.8) is 0 Å². The van der Waals surface area contributed by atoms with Crippen LogP contribution in [0.25, 0.3) is 0 Å². The summed E-state index contributed by atoms with van der Waals surface area (Å²) in [6.07, 6.45) is 1.31. The lowest BCUT2D eigenvalue weighted by Crippen LogP contribution is -2.42. The molecule has 11 heteroatoms. The van der Waals surface area contributed by atoms with Crippen molar-refractivity contribution in [1.29, 1.82) is 0 Å². The number of carbonyl (C=O) groups excluding carboxylic acids is 2. The lowest BCUT2D eigenvalue weighted by atomic mass is 9.77. The van der Waals surface area contributed by atoms with Gasteiger partial charge in [0.05, 0.1) is 23.7 Å². The molecule has 0 aromatic carbocycles. The molecule has 2 saturated carbocycles. The highest BCUT2D eigenvalue weighted by molar-refractivity contribution is 5.82. The topological polar surface area (TPSA) is 170 Å². The van der Waals surface area contributed by atoms with E-state index in [0.717, 1.165) is 0 Å². The van der Waals surface area contributed by atoms with Crippen molar-refractivity contribution in [1.82, 2.24) is 0 Å². The lowest BCUT2D eigenvalue weighted by Gasteiger charge is -2.31. The number of carbonyl (C=O) groups is 4. The molecule has 0 aromatic heterocycles. The van der Waals surface area contributed by atoms with Gasteiger partial charge in [-0.25, -0.2) is 0 Å². The van der Waals surface area contributed by atoms with Crippen LogP contribution in [0, 0.1) is 33.8 Å². The first kappa shape index (κ1) is 24.5. The summed E-state index contributed by atoms with van der Waals surface area (Å²) in [6, 6.07) is -1.03. The fraction of sp³-hybridized carbons (Fsp3) is 0.800. The van der Waals surface area contributed by atoms with Crippen molar-refractivity contribution >= 4 is 23.9 Å². The number of hydrogen-bond acceptors (Lipinski definition) is 8. The summed E-state index contributed by atoms with van der Waals surface area (Å²) in [5, 5.41) is 29.8. The molecule has 174 valence electrons. The van der Waals surface area contributed by atoms with E-state index in [4.69, 9.17) is 9.47 Å². The zero-order chi connectivity index (χ0) is 23.1. The summed E-state index contributed by atoms with van der Waals surface area (Å²) in [5.74, 6) is -8.03. The Morgan fingerprint density at radius 1 is 0.903 bits per heavy atom. The van der Waals surface area contributed by atoms with Gasteiger partial charge in [0.15, 0.2) is 0 Å². The first-order valence-corrected chi connectivity index (χ1v) is 10.7. The highest BCUT2D eigenvalue weighted by atomic mass is 16.7. The lowest BCUT2D eigenvalue weighted by molar-refractivity contribution is -0.528. The van der Waals surface area contributed by atoms with Crippen LogP contribution in [-0.4, -0.2) is 51.3 Å². The van der Waals surface area contributed by atoms with E-state index in [0.29, 0.717) is 32.1 Å². The Kier molecular flexibility index (Phi) is 8.76. The summed E-state index contributed by atoms with van der Waals surface area (Å²) in [6.45, 7) is 1.78. The number of carboxylic acids is 2. The van der Waals surface area contributed by atoms with E-state index < -0.39 is 64.8 Å². The second-order valence-electron chi connectivity index (χ2n) is 8.23. The van der Waals surface area contributed by atoms with E-state index in [1.807, 2.05) is 0 Å². The molecule has 0 spiro atoms. The third-order valence-electron chi connectivity index (χ3n) is 6.15. The smallest absolute Gasteiger partial charge is 0.312 e. The molecule has 2 aliphatic rings. The number of nitrogens with zero attached hydrogens (tertiary/aromatic N) is 1. The van der Waals surface area contributed by atoms with E-state index >= 15 is 0 Å². The maximum atomic E-state index is 12.7. The molecule has 31 heavy (non-hydrogen) atoms. The number of hydrogen-bond donors (Lipinski definition) is 2. The second kappa shape index (κ2) is 11.1. The van der Waals surface area contributed by atoms with Crippen molar-refractivity contribution in [3.05, 3.63) is 10.1 Å². The molecule has 0 bridgehead atoms. The number of carboxylic acid groups (broad SMARTS) is 2. The van der Waals surface area contributed by atoms with Crippen molar-refractivity contribution in [2.45, 2.75) is 77.0 Å². The van der Waals surface area contributed by atoms with Crippen molar-refractivity contribution in [2.75, 3.05) is 0 Å². The third kappa shape index (κ3) is 6.38. The monoisotopic (exact) mass is 443 g/mol. The maximum Gasteiger partial charge on any atom is 0.312 e.